The summed E-state index contributed by atoms with van der Waals surface area (Å²) in [4.78, 5) is 11.9. The van der Waals surface area contributed by atoms with Crippen molar-refractivity contribution in [1.29, 1.82) is 0 Å². The van der Waals surface area contributed by atoms with Crippen LogP contribution in [0.25, 0.3) is 0 Å². The number of nitrogen functional groups attached to an aromatic ring is 1. The van der Waals surface area contributed by atoms with E-state index in [0.717, 1.165) is 11.6 Å². The number of hydrogen-bond acceptors (Lipinski definition) is 2. The summed E-state index contributed by atoms with van der Waals surface area (Å²) in [6.07, 6.45) is 0. The molecule has 2 aromatic carbocycles. The number of rotatable bonds is 2. The summed E-state index contributed by atoms with van der Waals surface area (Å²) in [5, 5.41) is 2.52. The number of nitrogens with one attached hydrogen (secondary N) is 1. The van der Waals surface area contributed by atoms with E-state index in [9.17, 15) is 13.6 Å². The van der Waals surface area contributed by atoms with Crippen LogP contribution in [-0.2, 0) is 0 Å². The zero-order chi connectivity index (χ0) is 14.0. The summed E-state index contributed by atoms with van der Waals surface area (Å²) < 4.78 is 26.5. The Morgan fingerprint density at radius 1 is 1.21 bits per heavy atom. The van der Waals surface area contributed by atoms with E-state index in [1.54, 1.807) is 25.1 Å². The summed E-state index contributed by atoms with van der Waals surface area (Å²) in [6.45, 7) is 1.76. The minimum atomic E-state index is -1.16. The fourth-order valence-corrected chi connectivity index (χ4v) is 1.70. The second kappa shape index (κ2) is 5.06. The van der Waals surface area contributed by atoms with E-state index in [1.165, 1.54) is 12.1 Å². The molecule has 0 fully saturated rings. The molecule has 0 aliphatic carbocycles. The van der Waals surface area contributed by atoms with Gasteiger partial charge in [-0.15, -0.1) is 0 Å². The van der Waals surface area contributed by atoms with Crippen molar-refractivity contribution < 1.29 is 13.6 Å². The number of aryl methyl sites for hydroxylation is 1. The van der Waals surface area contributed by atoms with Crippen molar-refractivity contribution in [3.05, 3.63) is 59.2 Å². The van der Waals surface area contributed by atoms with Gasteiger partial charge >= 0.3 is 0 Å². The third-order valence-electron chi connectivity index (χ3n) is 2.69. The maximum Gasteiger partial charge on any atom is 0.258 e. The predicted octanol–water partition coefficient (Wildman–Crippen LogP) is 3.11. The maximum atomic E-state index is 13.5. The van der Waals surface area contributed by atoms with Gasteiger partial charge in [-0.3, -0.25) is 4.79 Å². The number of carbonyl (C=O) groups excluding carboxylic acids is 1. The van der Waals surface area contributed by atoms with Crippen molar-refractivity contribution >= 4 is 17.3 Å². The lowest BCUT2D eigenvalue weighted by atomic mass is 10.1. The molecular weight excluding hydrogens is 250 g/mol. The SMILES string of the molecule is Cc1cc(N)ccc1NC(=O)c1cccc(F)c1F. The molecule has 2 rings (SSSR count). The highest BCUT2D eigenvalue weighted by Gasteiger charge is 2.15. The molecule has 0 saturated heterocycles. The van der Waals surface area contributed by atoms with E-state index in [-0.39, 0.29) is 5.56 Å². The molecule has 0 unspecified atom stereocenters. The van der Waals surface area contributed by atoms with Gasteiger partial charge in [0.2, 0.25) is 0 Å². The molecule has 5 heteroatoms. The average Bonchev–Trinajstić information content (AvgIpc) is 2.36. The largest absolute Gasteiger partial charge is 0.399 e. The van der Waals surface area contributed by atoms with Gasteiger partial charge in [-0.25, -0.2) is 8.78 Å². The molecule has 98 valence electrons. The molecule has 19 heavy (non-hydrogen) atoms. The van der Waals surface area contributed by atoms with Crippen LogP contribution in [0.3, 0.4) is 0 Å². The number of halogens is 2. The third kappa shape index (κ3) is 2.70. The van der Waals surface area contributed by atoms with Crippen molar-refractivity contribution in [2.24, 2.45) is 0 Å². The van der Waals surface area contributed by atoms with Crippen molar-refractivity contribution in [3.63, 3.8) is 0 Å². The molecule has 2 aromatic rings. The number of carbonyl (C=O) groups is 1. The van der Waals surface area contributed by atoms with Gasteiger partial charge in [-0.2, -0.15) is 0 Å². The quantitative estimate of drug-likeness (QED) is 0.817. The number of hydrogen-bond donors (Lipinski definition) is 2. The van der Waals surface area contributed by atoms with E-state index in [0.29, 0.717) is 11.4 Å². The van der Waals surface area contributed by atoms with E-state index < -0.39 is 17.5 Å². The van der Waals surface area contributed by atoms with Crippen LogP contribution in [0.4, 0.5) is 20.2 Å². The molecule has 0 radical (unpaired) electrons. The Kier molecular flexibility index (Phi) is 3.46. The molecule has 1 amide bonds. The number of anilines is 2. The monoisotopic (exact) mass is 262 g/mol. The van der Waals surface area contributed by atoms with Crippen LogP contribution in [0.2, 0.25) is 0 Å². The molecular formula is C14H12F2N2O. The topological polar surface area (TPSA) is 55.1 Å². The first-order valence-corrected chi connectivity index (χ1v) is 5.60. The second-order valence-corrected chi connectivity index (χ2v) is 4.13. The lowest BCUT2D eigenvalue weighted by Gasteiger charge is -2.09. The first kappa shape index (κ1) is 13.0. The first-order chi connectivity index (χ1) is 8.99. The average molecular weight is 262 g/mol. The highest BCUT2D eigenvalue weighted by atomic mass is 19.2. The van der Waals surface area contributed by atoms with Crippen LogP contribution in [0.5, 0.6) is 0 Å². The van der Waals surface area contributed by atoms with Crippen LogP contribution >= 0.6 is 0 Å². The second-order valence-electron chi connectivity index (χ2n) is 4.13. The van der Waals surface area contributed by atoms with Crippen LogP contribution < -0.4 is 11.1 Å². The van der Waals surface area contributed by atoms with Crippen LogP contribution in [0, 0.1) is 18.6 Å². The van der Waals surface area contributed by atoms with Gasteiger partial charge in [-0.05, 0) is 42.8 Å². The Morgan fingerprint density at radius 2 is 1.95 bits per heavy atom. The van der Waals surface area contributed by atoms with Gasteiger partial charge in [0.25, 0.3) is 5.91 Å². The van der Waals surface area contributed by atoms with Crippen LogP contribution in [-0.4, -0.2) is 5.91 Å². The highest BCUT2D eigenvalue weighted by Crippen LogP contribution is 2.19. The standard InChI is InChI=1S/C14H12F2N2O/c1-8-7-9(17)5-6-12(8)18-14(19)10-3-2-4-11(15)13(10)16/h2-7H,17H2,1H3,(H,18,19). The Hall–Kier alpha value is -2.43. The number of amides is 1. The fourth-order valence-electron chi connectivity index (χ4n) is 1.70. The van der Waals surface area contributed by atoms with E-state index >= 15 is 0 Å². The Bertz CT molecular complexity index is 641. The summed E-state index contributed by atoms with van der Waals surface area (Å²) in [5.74, 6) is -2.92. The van der Waals surface area contributed by atoms with Gasteiger partial charge in [-0.1, -0.05) is 6.07 Å². The Morgan fingerprint density at radius 3 is 2.63 bits per heavy atom. The zero-order valence-electron chi connectivity index (χ0n) is 10.2. The molecule has 3 N–H and O–H groups in total. The number of benzene rings is 2. The molecule has 0 atom stereocenters. The van der Waals surface area contributed by atoms with Gasteiger partial charge in [0.05, 0.1) is 5.56 Å². The minimum Gasteiger partial charge on any atom is -0.399 e. The molecule has 0 heterocycles. The van der Waals surface area contributed by atoms with Crippen LogP contribution in [0.15, 0.2) is 36.4 Å². The first-order valence-electron chi connectivity index (χ1n) is 5.60. The predicted molar refractivity (Wildman–Crippen MR) is 69.9 cm³/mol. The van der Waals surface area contributed by atoms with Crippen molar-refractivity contribution in [2.75, 3.05) is 11.1 Å². The Balaban J connectivity index is 2.28. The highest BCUT2D eigenvalue weighted by molar-refractivity contribution is 6.04. The molecule has 0 bridgehead atoms. The van der Waals surface area contributed by atoms with Gasteiger partial charge in [0.1, 0.15) is 0 Å². The Labute approximate surface area is 109 Å². The molecule has 0 aromatic heterocycles. The summed E-state index contributed by atoms with van der Waals surface area (Å²) >= 11 is 0. The summed E-state index contributed by atoms with van der Waals surface area (Å²) in [6, 6.07) is 8.37. The van der Waals surface area contributed by atoms with E-state index in [1.807, 2.05) is 0 Å². The molecule has 3 nitrogen and oxygen atoms in total. The smallest absolute Gasteiger partial charge is 0.258 e. The minimum absolute atomic E-state index is 0.337. The molecule has 0 saturated carbocycles. The molecule has 0 aliphatic heterocycles. The van der Waals surface area contributed by atoms with E-state index in [4.69, 9.17) is 5.73 Å². The van der Waals surface area contributed by atoms with Gasteiger partial charge in [0.15, 0.2) is 11.6 Å². The lowest BCUT2D eigenvalue weighted by molar-refractivity contribution is 0.102. The van der Waals surface area contributed by atoms with E-state index in [2.05, 4.69) is 5.32 Å². The van der Waals surface area contributed by atoms with Crippen molar-refractivity contribution in [2.45, 2.75) is 6.92 Å². The van der Waals surface area contributed by atoms with Crippen molar-refractivity contribution in [1.82, 2.24) is 0 Å². The van der Waals surface area contributed by atoms with Crippen molar-refractivity contribution in [3.8, 4) is 0 Å². The number of nitrogens with two attached hydrogens (primary N) is 1. The lowest BCUT2D eigenvalue weighted by Crippen LogP contribution is -2.15. The summed E-state index contributed by atoms with van der Waals surface area (Å²) in [5.41, 5.74) is 7.06. The zero-order valence-corrected chi connectivity index (χ0v) is 10.2. The summed E-state index contributed by atoms with van der Waals surface area (Å²) in [7, 11) is 0. The normalized spacial score (nSPS) is 10.3. The third-order valence-corrected chi connectivity index (χ3v) is 2.69. The molecule has 0 spiro atoms. The maximum absolute atomic E-state index is 13.5. The van der Waals surface area contributed by atoms with Crippen LogP contribution in [0.1, 0.15) is 15.9 Å². The fraction of sp³-hybridized carbons (Fsp3) is 0.0714. The molecule has 0 aliphatic rings. The van der Waals surface area contributed by atoms with Gasteiger partial charge in [0, 0.05) is 11.4 Å². The van der Waals surface area contributed by atoms with Gasteiger partial charge < -0.3 is 11.1 Å².